The van der Waals surface area contributed by atoms with Crippen LogP contribution in [0.25, 0.3) is 0 Å². The molecule has 0 atom stereocenters. The molecule has 0 radical (unpaired) electrons. The predicted octanol–water partition coefficient (Wildman–Crippen LogP) is 0.528. The molecule has 1 aliphatic rings. The molecule has 64 valence electrons. The molecule has 0 bridgehead atoms. The topological polar surface area (TPSA) is 78.2 Å². The smallest absolute Gasteiger partial charge is 0.306 e. The average molecular weight is 177 g/mol. The summed E-state index contributed by atoms with van der Waals surface area (Å²) in [6.07, 6.45) is 0.801. The van der Waals surface area contributed by atoms with Crippen LogP contribution in [0.2, 0.25) is 0 Å². The maximum atomic E-state index is 11.0. The maximum absolute atomic E-state index is 11.0. The Labute approximate surface area is 65.6 Å². The lowest BCUT2D eigenvalue weighted by Crippen LogP contribution is -2.27. The third kappa shape index (κ3) is 2.18. The van der Waals surface area contributed by atoms with Gasteiger partial charge >= 0.3 is 5.97 Å². The second-order valence-corrected chi connectivity index (χ2v) is 5.27. The zero-order valence-corrected chi connectivity index (χ0v) is 6.89. The molecule has 0 amide bonds. The minimum Gasteiger partial charge on any atom is -0.481 e. The first-order chi connectivity index (χ1) is 5.01. The van der Waals surface area contributed by atoms with Gasteiger partial charge in [0.15, 0.2) is 0 Å². The second-order valence-electron chi connectivity index (χ2n) is 2.83. The normalized spacial score (nSPS) is 38.4. The summed E-state index contributed by atoms with van der Waals surface area (Å²) in [7, 11) is -2.41. The number of hydrogen-bond acceptors (Lipinski definition) is 3. The van der Waals surface area contributed by atoms with E-state index in [0.717, 1.165) is 0 Å². The van der Waals surface area contributed by atoms with E-state index < -0.39 is 15.7 Å². The molecule has 0 spiro atoms. The van der Waals surface area contributed by atoms with E-state index in [-0.39, 0.29) is 17.4 Å². The van der Waals surface area contributed by atoms with E-state index in [0.29, 0.717) is 12.8 Å². The van der Waals surface area contributed by atoms with E-state index >= 15 is 0 Å². The van der Waals surface area contributed by atoms with Gasteiger partial charge in [-0.1, -0.05) is 0 Å². The van der Waals surface area contributed by atoms with Crippen molar-refractivity contribution in [2.75, 3.05) is 11.5 Å². The van der Waals surface area contributed by atoms with Crippen LogP contribution in [-0.2, 0) is 14.5 Å². The van der Waals surface area contributed by atoms with Gasteiger partial charge in [-0.2, -0.15) is 0 Å². The summed E-state index contributed by atoms with van der Waals surface area (Å²) in [4.78, 5) is 10.4. The number of nitrogens with one attached hydrogen (secondary N) is 1. The third-order valence-electron chi connectivity index (χ3n) is 1.94. The molecule has 0 aromatic rings. The van der Waals surface area contributed by atoms with E-state index in [2.05, 4.69) is 0 Å². The van der Waals surface area contributed by atoms with E-state index in [1.54, 1.807) is 0 Å². The van der Waals surface area contributed by atoms with Gasteiger partial charge in [0.2, 0.25) is 0 Å². The van der Waals surface area contributed by atoms with Gasteiger partial charge in [0.05, 0.1) is 5.92 Å². The lowest BCUT2D eigenvalue weighted by Gasteiger charge is -2.19. The average Bonchev–Trinajstić information content (AvgIpc) is 1.86. The van der Waals surface area contributed by atoms with Crippen molar-refractivity contribution < 1.29 is 14.1 Å². The molecule has 2 N–H and O–H groups in total. The van der Waals surface area contributed by atoms with Crippen molar-refractivity contribution in [3.63, 3.8) is 0 Å². The maximum Gasteiger partial charge on any atom is 0.306 e. The molecule has 0 aromatic heterocycles. The zero-order chi connectivity index (χ0) is 8.48. The monoisotopic (exact) mass is 177 g/mol. The van der Waals surface area contributed by atoms with Gasteiger partial charge in [0, 0.05) is 21.2 Å². The molecule has 1 fully saturated rings. The van der Waals surface area contributed by atoms with Crippen LogP contribution in [0.4, 0.5) is 0 Å². The van der Waals surface area contributed by atoms with Crippen molar-refractivity contribution in [1.29, 1.82) is 4.78 Å². The first-order valence-corrected chi connectivity index (χ1v) is 5.38. The summed E-state index contributed by atoms with van der Waals surface area (Å²) in [5, 5.41) is 8.55. The van der Waals surface area contributed by atoms with Crippen molar-refractivity contribution in [2.45, 2.75) is 12.8 Å². The predicted molar refractivity (Wildman–Crippen MR) is 41.0 cm³/mol. The molecule has 5 heteroatoms. The minimum atomic E-state index is -2.41. The fourth-order valence-electron chi connectivity index (χ4n) is 1.16. The summed E-state index contributed by atoms with van der Waals surface area (Å²) in [6, 6.07) is 0. The Balaban J connectivity index is 2.56. The molecule has 1 aliphatic heterocycles. The molecule has 0 aliphatic carbocycles. The van der Waals surface area contributed by atoms with Gasteiger partial charge in [0.25, 0.3) is 0 Å². The van der Waals surface area contributed by atoms with E-state index in [4.69, 9.17) is 9.89 Å². The quantitative estimate of drug-likeness (QED) is 0.613. The van der Waals surface area contributed by atoms with Crippen LogP contribution in [0.3, 0.4) is 0 Å². The van der Waals surface area contributed by atoms with Crippen LogP contribution in [0, 0.1) is 10.7 Å². The molecule has 11 heavy (non-hydrogen) atoms. The number of carbonyl (C=O) groups is 1. The Morgan fingerprint density at radius 2 is 1.91 bits per heavy atom. The summed E-state index contributed by atoms with van der Waals surface area (Å²) >= 11 is 0. The highest BCUT2D eigenvalue weighted by atomic mass is 32.2. The Morgan fingerprint density at radius 1 is 1.45 bits per heavy atom. The van der Waals surface area contributed by atoms with Gasteiger partial charge in [-0.05, 0) is 12.8 Å². The first kappa shape index (κ1) is 8.52. The third-order valence-corrected chi connectivity index (χ3v) is 3.73. The number of hydrogen-bond donors (Lipinski definition) is 2. The zero-order valence-electron chi connectivity index (χ0n) is 6.08. The van der Waals surface area contributed by atoms with Crippen LogP contribution < -0.4 is 0 Å². The Kier molecular flexibility index (Phi) is 2.17. The first-order valence-electron chi connectivity index (χ1n) is 3.48. The molecular weight excluding hydrogens is 166 g/mol. The highest BCUT2D eigenvalue weighted by Gasteiger charge is 2.25. The fraction of sp³-hybridized carbons (Fsp3) is 0.833. The number of carboxylic acid groups (broad SMARTS) is 1. The van der Waals surface area contributed by atoms with Crippen molar-refractivity contribution in [1.82, 2.24) is 0 Å². The van der Waals surface area contributed by atoms with Gasteiger partial charge in [0.1, 0.15) is 0 Å². The second kappa shape index (κ2) is 2.81. The number of carboxylic acids is 1. The van der Waals surface area contributed by atoms with Crippen LogP contribution >= 0.6 is 0 Å². The van der Waals surface area contributed by atoms with Gasteiger partial charge < -0.3 is 5.11 Å². The lowest BCUT2D eigenvalue weighted by molar-refractivity contribution is -0.141. The van der Waals surface area contributed by atoms with Gasteiger partial charge in [-0.3, -0.25) is 9.57 Å². The Hall–Kier alpha value is -0.580. The largest absolute Gasteiger partial charge is 0.481 e. The SMILES string of the molecule is N=S1(=O)CCC(C(=O)O)CC1. The van der Waals surface area contributed by atoms with E-state index in [9.17, 15) is 9.00 Å². The molecule has 0 aromatic carbocycles. The number of aliphatic carboxylic acids is 1. The minimum absolute atomic E-state index is 0.254. The van der Waals surface area contributed by atoms with E-state index in [1.165, 1.54) is 0 Å². The highest BCUT2D eigenvalue weighted by Crippen LogP contribution is 2.18. The summed E-state index contributed by atoms with van der Waals surface area (Å²) in [5.74, 6) is -0.677. The van der Waals surface area contributed by atoms with Crippen molar-refractivity contribution in [2.24, 2.45) is 5.92 Å². The van der Waals surface area contributed by atoms with Crippen molar-refractivity contribution in [3.8, 4) is 0 Å². The summed E-state index contributed by atoms with van der Waals surface area (Å²) < 4.78 is 18.2. The highest BCUT2D eigenvalue weighted by molar-refractivity contribution is 7.92. The Bertz CT molecular complexity index is 243. The molecule has 1 heterocycles. The van der Waals surface area contributed by atoms with Crippen LogP contribution in [0.5, 0.6) is 0 Å². The Morgan fingerprint density at radius 3 is 2.27 bits per heavy atom. The number of rotatable bonds is 1. The summed E-state index contributed by atoms with van der Waals surface area (Å²) in [6.45, 7) is 0. The summed E-state index contributed by atoms with van der Waals surface area (Å²) in [5.41, 5.74) is 0. The van der Waals surface area contributed by atoms with Crippen LogP contribution in [0.1, 0.15) is 12.8 Å². The molecule has 0 saturated carbocycles. The van der Waals surface area contributed by atoms with Crippen LogP contribution in [0.15, 0.2) is 0 Å². The van der Waals surface area contributed by atoms with Gasteiger partial charge in [-0.25, -0.2) is 4.21 Å². The molecule has 1 saturated heterocycles. The molecule has 0 unspecified atom stereocenters. The fourth-order valence-corrected chi connectivity index (χ4v) is 2.69. The standard InChI is InChI=1S/C6H11NO3S/c7-11(10)3-1-5(2-4-11)6(8)9/h5,7H,1-4H2,(H,8,9). The van der Waals surface area contributed by atoms with Gasteiger partial charge in [-0.15, -0.1) is 0 Å². The van der Waals surface area contributed by atoms with Crippen LogP contribution in [-0.4, -0.2) is 26.8 Å². The molecular formula is C6H11NO3S. The molecule has 1 rings (SSSR count). The lowest BCUT2D eigenvalue weighted by atomic mass is 10.0. The molecule has 4 nitrogen and oxygen atoms in total. The van der Waals surface area contributed by atoms with Crippen molar-refractivity contribution >= 4 is 15.7 Å². The van der Waals surface area contributed by atoms with Crippen molar-refractivity contribution in [3.05, 3.63) is 0 Å². The van der Waals surface area contributed by atoms with E-state index in [1.807, 2.05) is 0 Å².